The van der Waals surface area contributed by atoms with Crippen molar-refractivity contribution in [1.29, 1.82) is 0 Å². The summed E-state index contributed by atoms with van der Waals surface area (Å²) in [6.45, 7) is 6.90. The van der Waals surface area contributed by atoms with Crippen LogP contribution in [0.5, 0.6) is 0 Å². The van der Waals surface area contributed by atoms with Crippen LogP contribution >= 0.6 is 0 Å². The molecule has 0 aliphatic carbocycles. The van der Waals surface area contributed by atoms with Crippen molar-refractivity contribution in [2.24, 2.45) is 0 Å². The molecule has 0 spiro atoms. The van der Waals surface area contributed by atoms with Crippen molar-refractivity contribution in [3.05, 3.63) is 35.9 Å². The van der Waals surface area contributed by atoms with Gasteiger partial charge in [0.25, 0.3) is 0 Å². The Morgan fingerprint density at radius 1 is 0.895 bits per heavy atom. The number of aryl methyl sites for hydroxylation is 1. The van der Waals surface area contributed by atoms with Gasteiger partial charge in [-0.3, -0.25) is 4.90 Å². The number of β-amino-alcohol motifs (C(OH)–C–C–N with tert-alkyl or cyclic N) is 1. The van der Waals surface area contributed by atoms with Crippen molar-refractivity contribution < 1.29 is 5.11 Å². The van der Waals surface area contributed by atoms with E-state index in [1.54, 1.807) is 0 Å². The summed E-state index contributed by atoms with van der Waals surface area (Å²) in [5.74, 6) is 0. The fraction of sp³-hybridized carbons (Fsp3) is 0.625. The summed E-state index contributed by atoms with van der Waals surface area (Å²) in [6.07, 6.45) is 3.65. The lowest BCUT2D eigenvalue weighted by molar-refractivity contribution is 0.196. The van der Waals surface area contributed by atoms with Crippen LogP contribution in [0.1, 0.15) is 18.4 Å². The number of aliphatic hydroxyl groups is 1. The zero-order chi connectivity index (χ0) is 13.3. The molecule has 2 rings (SSSR count). The van der Waals surface area contributed by atoms with Gasteiger partial charge in [0.15, 0.2) is 0 Å². The monoisotopic (exact) mass is 262 g/mol. The van der Waals surface area contributed by atoms with Crippen LogP contribution in [0, 0.1) is 0 Å². The topological polar surface area (TPSA) is 26.7 Å². The highest BCUT2D eigenvalue weighted by atomic mass is 16.3. The maximum absolute atomic E-state index is 8.99. The predicted octanol–water partition coefficient (Wildman–Crippen LogP) is 1.62. The molecular formula is C16H26N2O. The molecule has 0 amide bonds. The van der Waals surface area contributed by atoms with Gasteiger partial charge < -0.3 is 10.0 Å². The maximum atomic E-state index is 8.99. The van der Waals surface area contributed by atoms with Crippen LogP contribution in [-0.4, -0.2) is 60.8 Å². The molecule has 1 aromatic rings. The maximum Gasteiger partial charge on any atom is 0.0558 e. The lowest BCUT2D eigenvalue weighted by Crippen LogP contribution is -2.33. The van der Waals surface area contributed by atoms with Crippen LogP contribution in [0.3, 0.4) is 0 Å². The molecule has 0 saturated carbocycles. The average molecular weight is 262 g/mol. The predicted molar refractivity (Wildman–Crippen MR) is 79.3 cm³/mol. The van der Waals surface area contributed by atoms with E-state index in [0.717, 1.165) is 26.2 Å². The van der Waals surface area contributed by atoms with Gasteiger partial charge in [-0.15, -0.1) is 0 Å². The van der Waals surface area contributed by atoms with Crippen molar-refractivity contribution >= 4 is 0 Å². The van der Waals surface area contributed by atoms with Crippen LogP contribution in [0.25, 0.3) is 0 Å². The van der Waals surface area contributed by atoms with E-state index < -0.39 is 0 Å². The second kappa shape index (κ2) is 8.31. The second-order valence-electron chi connectivity index (χ2n) is 5.35. The molecule has 0 aromatic heterocycles. The van der Waals surface area contributed by atoms with Gasteiger partial charge in [0.2, 0.25) is 0 Å². The van der Waals surface area contributed by atoms with E-state index in [2.05, 4.69) is 40.1 Å². The van der Waals surface area contributed by atoms with Gasteiger partial charge in [0.05, 0.1) is 6.61 Å². The molecule has 3 nitrogen and oxygen atoms in total. The lowest BCUT2D eigenvalue weighted by Gasteiger charge is -2.21. The zero-order valence-corrected chi connectivity index (χ0v) is 11.8. The Balaban J connectivity index is 1.66. The van der Waals surface area contributed by atoms with Crippen molar-refractivity contribution in [1.82, 2.24) is 9.80 Å². The van der Waals surface area contributed by atoms with Crippen molar-refractivity contribution in [3.63, 3.8) is 0 Å². The average Bonchev–Trinajstić information content (AvgIpc) is 2.66. The Bertz CT molecular complexity index is 342. The minimum Gasteiger partial charge on any atom is -0.395 e. The first kappa shape index (κ1) is 14.5. The largest absolute Gasteiger partial charge is 0.395 e. The van der Waals surface area contributed by atoms with E-state index in [0.29, 0.717) is 0 Å². The summed E-state index contributed by atoms with van der Waals surface area (Å²) in [5.41, 5.74) is 1.44. The van der Waals surface area contributed by atoms with Gasteiger partial charge in [0, 0.05) is 19.6 Å². The third-order valence-corrected chi connectivity index (χ3v) is 3.88. The summed E-state index contributed by atoms with van der Waals surface area (Å²) < 4.78 is 0. The molecule has 1 aliphatic rings. The van der Waals surface area contributed by atoms with Gasteiger partial charge in [-0.05, 0) is 44.5 Å². The fourth-order valence-electron chi connectivity index (χ4n) is 2.76. The molecule has 106 valence electrons. The first-order chi connectivity index (χ1) is 9.38. The minimum atomic E-state index is 0.286. The fourth-order valence-corrected chi connectivity index (χ4v) is 2.76. The molecule has 0 bridgehead atoms. The normalized spacial score (nSPS) is 18.4. The number of hydrogen-bond acceptors (Lipinski definition) is 3. The molecule has 1 saturated heterocycles. The number of benzene rings is 1. The summed E-state index contributed by atoms with van der Waals surface area (Å²) >= 11 is 0. The summed E-state index contributed by atoms with van der Waals surface area (Å²) in [5, 5.41) is 8.99. The molecule has 1 aromatic carbocycles. The molecule has 3 heteroatoms. The van der Waals surface area contributed by atoms with E-state index >= 15 is 0 Å². The second-order valence-corrected chi connectivity index (χ2v) is 5.35. The van der Waals surface area contributed by atoms with E-state index in [-0.39, 0.29) is 6.61 Å². The van der Waals surface area contributed by atoms with Crippen LogP contribution in [0.2, 0.25) is 0 Å². The van der Waals surface area contributed by atoms with Gasteiger partial charge >= 0.3 is 0 Å². The first-order valence-corrected chi connectivity index (χ1v) is 7.48. The van der Waals surface area contributed by atoms with E-state index in [4.69, 9.17) is 5.11 Å². The Hall–Kier alpha value is -0.900. The summed E-state index contributed by atoms with van der Waals surface area (Å²) in [6, 6.07) is 10.7. The molecule has 19 heavy (non-hydrogen) atoms. The number of aliphatic hydroxyl groups excluding tert-OH is 1. The molecule has 1 fully saturated rings. The highest BCUT2D eigenvalue weighted by Gasteiger charge is 2.13. The summed E-state index contributed by atoms with van der Waals surface area (Å²) in [4.78, 5) is 4.94. The molecule has 0 atom stereocenters. The zero-order valence-electron chi connectivity index (χ0n) is 11.8. The third-order valence-electron chi connectivity index (χ3n) is 3.88. The lowest BCUT2D eigenvalue weighted by atomic mass is 10.1. The standard InChI is InChI=1S/C16H26N2O/c19-15-14-18-11-5-10-17(12-13-18)9-4-8-16-6-2-1-3-7-16/h1-3,6-7,19H,4-5,8-15H2. The quantitative estimate of drug-likeness (QED) is 0.844. The molecule has 1 N–H and O–H groups in total. The number of hydrogen-bond donors (Lipinski definition) is 1. The van der Waals surface area contributed by atoms with Gasteiger partial charge in [-0.1, -0.05) is 30.3 Å². The van der Waals surface area contributed by atoms with Crippen LogP contribution in [0.4, 0.5) is 0 Å². The highest BCUT2D eigenvalue weighted by molar-refractivity contribution is 5.14. The van der Waals surface area contributed by atoms with E-state index in [1.807, 2.05) is 0 Å². The molecular weight excluding hydrogens is 236 g/mol. The Kier molecular flexibility index (Phi) is 6.34. The Morgan fingerprint density at radius 3 is 2.26 bits per heavy atom. The number of rotatable bonds is 6. The Morgan fingerprint density at radius 2 is 1.58 bits per heavy atom. The van der Waals surface area contributed by atoms with Crippen molar-refractivity contribution in [2.45, 2.75) is 19.3 Å². The van der Waals surface area contributed by atoms with Gasteiger partial charge in [-0.2, -0.15) is 0 Å². The van der Waals surface area contributed by atoms with Crippen LogP contribution in [-0.2, 0) is 6.42 Å². The Labute approximate surface area is 116 Å². The molecule has 1 heterocycles. The summed E-state index contributed by atoms with van der Waals surface area (Å²) in [7, 11) is 0. The van der Waals surface area contributed by atoms with E-state index in [1.165, 1.54) is 37.9 Å². The number of nitrogens with zero attached hydrogens (tertiary/aromatic N) is 2. The smallest absolute Gasteiger partial charge is 0.0558 e. The van der Waals surface area contributed by atoms with E-state index in [9.17, 15) is 0 Å². The van der Waals surface area contributed by atoms with Gasteiger partial charge in [0.1, 0.15) is 0 Å². The molecule has 0 radical (unpaired) electrons. The SMILES string of the molecule is OCCN1CCCN(CCCc2ccccc2)CC1. The first-order valence-electron chi connectivity index (χ1n) is 7.48. The van der Waals surface area contributed by atoms with Crippen molar-refractivity contribution in [3.8, 4) is 0 Å². The van der Waals surface area contributed by atoms with Crippen LogP contribution < -0.4 is 0 Å². The highest BCUT2D eigenvalue weighted by Crippen LogP contribution is 2.06. The molecule has 1 aliphatic heterocycles. The van der Waals surface area contributed by atoms with Gasteiger partial charge in [-0.25, -0.2) is 0 Å². The van der Waals surface area contributed by atoms with Crippen LogP contribution in [0.15, 0.2) is 30.3 Å². The molecule has 0 unspecified atom stereocenters. The minimum absolute atomic E-state index is 0.286. The van der Waals surface area contributed by atoms with Crippen molar-refractivity contribution in [2.75, 3.05) is 45.9 Å². The third kappa shape index (κ3) is 5.31.